The van der Waals surface area contributed by atoms with Gasteiger partial charge in [-0.15, -0.1) is 0 Å². The van der Waals surface area contributed by atoms with Crippen LogP contribution in [-0.2, 0) is 6.42 Å². The average molecular weight is 282 g/mol. The molecule has 0 aromatic heterocycles. The van der Waals surface area contributed by atoms with Crippen molar-refractivity contribution >= 4 is 11.4 Å². The lowest BCUT2D eigenvalue weighted by molar-refractivity contribution is 0.671. The summed E-state index contributed by atoms with van der Waals surface area (Å²) in [7, 11) is 2.16. The van der Waals surface area contributed by atoms with Crippen LogP contribution in [0.2, 0.25) is 0 Å². The Morgan fingerprint density at radius 2 is 1.62 bits per heavy atom. The van der Waals surface area contributed by atoms with Crippen molar-refractivity contribution in [3.05, 3.63) is 59.7 Å². The Morgan fingerprint density at radius 3 is 2.19 bits per heavy atom. The highest BCUT2D eigenvalue weighted by atomic mass is 15.1. The van der Waals surface area contributed by atoms with Crippen molar-refractivity contribution in [1.29, 1.82) is 0 Å². The van der Waals surface area contributed by atoms with Crippen molar-refractivity contribution < 1.29 is 0 Å². The molecule has 0 aliphatic rings. The van der Waals surface area contributed by atoms with E-state index in [-0.39, 0.29) is 0 Å². The van der Waals surface area contributed by atoms with Gasteiger partial charge in [0.1, 0.15) is 0 Å². The molecule has 0 fully saturated rings. The molecule has 0 aliphatic carbocycles. The molecule has 2 aromatic rings. The first kappa shape index (κ1) is 15.4. The van der Waals surface area contributed by atoms with Gasteiger partial charge in [-0.2, -0.15) is 0 Å². The Hall–Kier alpha value is -1.96. The fraction of sp³-hybridized carbons (Fsp3) is 0.368. The van der Waals surface area contributed by atoms with Gasteiger partial charge in [-0.3, -0.25) is 0 Å². The van der Waals surface area contributed by atoms with Crippen molar-refractivity contribution in [3.63, 3.8) is 0 Å². The van der Waals surface area contributed by atoms with Crippen molar-refractivity contribution in [2.24, 2.45) is 0 Å². The predicted octanol–water partition coefficient (Wildman–Crippen LogP) is 4.46. The maximum atomic E-state index is 5.74. The molecule has 21 heavy (non-hydrogen) atoms. The van der Waals surface area contributed by atoms with Gasteiger partial charge in [0.15, 0.2) is 0 Å². The Kier molecular flexibility index (Phi) is 5.26. The standard InChI is InChI=1S/C19H26N2/c1-4-16-5-11-19(12-6-16)21(3)14-13-15(2)17-7-9-18(20)10-8-17/h5-12,15H,4,13-14,20H2,1-3H3. The van der Waals surface area contributed by atoms with E-state index in [0.717, 1.165) is 25.1 Å². The van der Waals surface area contributed by atoms with E-state index in [2.05, 4.69) is 62.2 Å². The fourth-order valence-electron chi connectivity index (χ4n) is 2.49. The Bertz CT molecular complexity index is 543. The fourth-order valence-corrected chi connectivity index (χ4v) is 2.49. The highest BCUT2D eigenvalue weighted by Gasteiger charge is 2.08. The minimum Gasteiger partial charge on any atom is -0.399 e. The van der Waals surface area contributed by atoms with Crippen LogP contribution >= 0.6 is 0 Å². The second-order valence-corrected chi connectivity index (χ2v) is 5.80. The number of nitrogens with two attached hydrogens (primary N) is 1. The molecular weight excluding hydrogens is 256 g/mol. The number of nitrogen functional groups attached to an aromatic ring is 1. The number of aryl methyl sites for hydroxylation is 1. The molecule has 1 unspecified atom stereocenters. The molecule has 0 saturated heterocycles. The molecule has 2 nitrogen and oxygen atoms in total. The minimum atomic E-state index is 0.544. The maximum absolute atomic E-state index is 5.74. The van der Waals surface area contributed by atoms with E-state index in [9.17, 15) is 0 Å². The summed E-state index contributed by atoms with van der Waals surface area (Å²) in [5.41, 5.74) is 10.6. The average Bonchev–Trinajstić information content (AvgIpc) is 2.53. The molecule has 0 saturated carbocycles. The first-order chi connectivity index (χ1) is 10.1. The van der Waals surface area contributed by atoms with Crippen molar-refractivity contribution in [2.75, 3.05) is 24.2 Å². The lowest BCUT2D eigenvalue weighted by Crippen LogP contribution is -2.19. The molecule has 0 aliphatic heterocycles. The Balaban J connectivity index is 1.90. The SMILES string of the molecule is CCc1ccc(N(C)CCC(C)c2ccc(N)cc2)cc1. The number of anilines is 2. The molecule has 2 aromatic carbocycles. The summed E-state index contributed by atoms with van der Waals surface area (Å²) in [4.78, 5) is 2.33. The van der Waals surface area contributed by atoms with Gasteiger partial charge in [-0.05, 0) is 54.2 Å². The summed E-state index contributed by atoms with van der Waals surface area (Å²) in [5, 5.41) is 0. The zero-order valence-electron chi connectivity index (χ0n) is 13.3. The van der Waals surface area contributed by atoms with Gasteiger partial charge in [-0.1, -0.05) is 38.1 Å². The van der Waals surface area contributed by atoms with E-state index in [1.807, 2.05) is 12.1 Å². The summed E-state index contributed by atoms with van der Waals surface area (Å²) in [6.45, 7) is 5.52. The summed E-state index contributed by atoms with van der Waals surface area (Å²) in [5.74, 6) is 0.544. The molecule has 0 amide bonds. The topological polar surface area (TPSA) is 29.3 Å². The van der Waals surface area contributed by atoms with Gasteiger partial charge in [0.2, 0.25) is 0 Å². The number of hydrogen-bond acceptors (Lipinski definition) is 2. The smallest absolute Gasteiger partial charge is 0.0363 e. The molecular formula is C19H26N2. The zero-order valence-corrected chi connectivity index (χ0v) is 13.3. The highest BCUT2D eigenvalue weighted by molar-refractivity contribution is 5.47. The molecule has 1 atom stereocenters. The van der Waals surface area contributed by atoms with Crippen LogP contribution in [0.25, 0.3) is 0 Å². The van der Waals surface area contributed by atoms with Crippen molar-refractivity contribution in [2.45, 2.75) is 32.6 Å². The second kappa shape index (κ2) is 7.16. The van der Waals surface area contributed by atoms with Gasteiger partial charge in [-0.25, -0.2) is 0 Å². The third-order valence-electron chi connectivity index (χ3n) is 4.19. The summed E-state index contributed by atoms with van der Waals surface area (Å²) in [6.07, 6.45) is 2.23. The van der Waals surface area contributed by atoms with Gasteiger partial charge in [0, 0.05) is 25.0 Å². The van der Waals surface area contributed by atoms with Crippen molar-refractivity contribution in [3.8, 4) is 0 Å². The molecule has 0 heterocycles. The number of nitrogens with zero attached hydrogens (tertiary/aromatic N) is 1. The third kappa shape index (κ3) is 4.25. The summed E-state index contributed by atoms with van der Waals surface area (Å²) < 4.78 is 0. The van der Waals surface area contributed by atoms with E-state index < -0.39 is 0 Å². The van der Waals surface area contributed by atoms with E-state index in [4.69, 9.17) is 5.73 Å². The van der Waals surface area contributed by atoms with Crippen LogP contribution in [0.5, 0.6) is 0 Å². The van der Waals surface area contributed by atoms with Crippen LogP contribution in [0.4, 0.5) is 11.4 Å². The quantitative estimate of drug-likeness (QED) is 0.792. The zero-order chi connectivity index (χ0) is 15.2. The molecule has 112 valence electrons. The largest absolute Gasteiger partial charge is 0.399 e. The van der Waals surface area contributed by atoms with Crippen LogP contribution < -0.4 is 10.6 Å². The first-order valence-electron chi connectivity index (χ1n) is 7.75. The molecule has 2 N–H and O–H groups in total. The lowest BCUT2D eigenvalue weighted by atomic mass is 9.97. The maximum Gasteiger partial charge on any atom is 0.0363 e. The summed E-state index contributed by atoms with van der Waals surface area (Å²) in [6, 6.07) is 17.1. The Labute approximate surface area is 128 Å². The molecule has 0 radical (unpaired) electrons. The Morgan fingerprint density at radius 1 is 1.00 bits per heavy atom. The van der Waals surface area contributed by atoms with E-state index in [0.29, 0.717) is 5.92 Å². The van der Waals surface area contributed by atoms with Gasteiger partial charge >= 0.3 is 0 Å². The normalized spacial score (nSPS) is 12.1. The van der Waals surface area contributed by atoms with Crippen LogP contribution in [-0.4, -0.2) is 13.6 Å². The number of benzene rings is 2. The van der Waals surface area contributed by atoms with Crippen LogP contribution in [0.15, 0.2) is 48.5 Å². The van der Waals surface area contributed by atoms with Crippen molar-refractivity contribution in [1.82, 2.24) is 0 Å². The van der Waals surface area contributed by atoms with E-state index >= 15 is 0 Å². The van der Waals surface area contributed by atoms with Gasteiger partial charge in [0.25, 0.3) is 0 Å². The number of hydrogen-bond donors (Lipinski definition) is 1. The predicted molar refractivity (Wildman–Crippen MR) is 93.0 cm³/mol. The molecule has 2 heteroatoms. The van der Waals surface area contributed by atoms with Crippen LogP contribution in [0.3, 0.4) is 0 Å². The lowest BCUT2D eigenvalue weighted by Gasteiger charge is -2.22. The first-order valence-corrected chi connectivity index (χ1v) is 7.75. The highest BCUT2D eigenvalue weighted by Crippen LogP contribution is 2.22. The van der Waals surface area contributed by atoms with Crippen LogP contribution in [0, 0.1) is 0 Å². The molecule has 0 spiro atoms. The van der Waals surface area contributed by atoms with Gasteiger partial charge < -0.3 is 10.6 Å². The minimum absolute atomic E-state index is 0.544. The van der Waals surface area contributed by atoms with E-state index in [1.54, 1.807) is 0 Å². The van der Waals surface area contributed by atoms with E-state index in [1.165, 1.54) is 16.8 Å². The van der Waals surface area contributed by atoms with Crippen LogP contribution in [0.1, 0.15) is 37.3 Å². The second-order valence-electron chi connectivity index (χ2n) is 5.80. The third-order valence-corrected chi connectivity index (χ3v) is 4.19. The number of rotatable bonds is 6. The van der Waals surface area contributed by atoms with Gasteiger partial charge in [0.05, 0.1) is 0 Å². The summed E-state index contributed by atoms with van der Waals surface area (Å²) >= 11 is 0. The molecule has 2 rings (SSSR count). The monoisotopic (exact) mass is 282 g/mol. The molecule has 0 bridgehead atoms.